The summed E-state index contributed by atoms with van der Waals surface area (Å²) in [6.07, 6.45) is -1.13. The zero-order valence-electron chi connectivity index (χ0n) is 24.4. The fraction of sp³-hybridized carbons (Fsp3) is 0.250. The molecular weight excluding hydrogens is 664 g/mol. The molecule has 1 fully saturated rings. The number of carbonyl (C=O) groups excluding carboxylic acids is 1. The quantitative estimate of drug-likeness (QED) is 0.143. The fourth-order valence-corrected chi connectivity index (χ4v) is 6.09. The van der Waals surface area contributed by atoms with E-state index >= 15 is 0 Å². The van der Waals surface area contributed by atoms with E-state index in [0.717, 1.165) is 56.3 Å². The summed E-state index contributed by atoms with van der Waals surface area (Å²) in [4.78, 5) is 26.6. The number of carbonyl (C=O) groups is 1. The van der Waals surface area contributed by atoms with Crippen LogP contribution in [0.5, 0.6) is 0 Å². The van der Waals surface area contributed by atoms with Crippen molar-refractivity contribution in [3.05, 3.63) is 99.2 Å². The first-order valence-electron chi connectivity index (χ1n) is 14.6. The molecule has 3 aromatic carbocycles. The number of benzene rings is 3. The first-order chi connectivity index (χ1) is 22.5. The van der Waals surface area contributed by atoms with Crippen LogP contribution >= 0.6 is 23.2 Å². The summed E-state index contributed by atoms with van der Waals surface area (Å²) in [6, 6.07) is 10.6. The van der Waals surface area contributed by atoms with Crippen LogP contribution in [0.4, 0.5) is 33.6 Å². The van der Waals surface area contributed by atoms with E-state index in [1.165, 1.54) is 30.5 Å². The Balaban J connectivity index is 1.32. The molecule has 1 saturated heterocycles. The zero-order valence-corrected chi connectivity index (χ0v) is 25.9. The number of fused-ring (bicyclic) bond motifs is 1. The van der Waals surface area contributed by atoms with Gasteiger partial charge in [0, 0.05) is 24.3 Å². The molecule has 2 aromatic heterocycles. The molecule has 3 heterocycles. The number of imidazole rings is 1. The van der Waals surface area contributed by atoms with Crippen molar-refractivity contribution in [1.29, 1.82) is 0 Å². The third kappa shape index (κ3) is 7.32. The number of alkyl halides is 3. The van der Waals surface area contributed by atoms with Gasteiger partial charge in [0.15, 0.2) is 17.3 Å². The minimum absolute atomic E-state index is 0.139. The molecule has 15 heteroatoms. The number of nitrogens with one attached hydrogen (secondary N) is 3. The highest BCUT2D eigenvalue weighted by Gasteiger charge is 2.31. The molecule has 1 aliphatic heterocycles. The topological polar surface area (TPSA) is 96.8 Å². The molecule has 1 aliphatic rings. The van der Waals surface area contributed by atoms with Gasteiger partial charge < -0.3 is 20.5 Å². The molecule has 8 nitrogen and oxygen atoms in total. The first-order valence-corrected chi connectivity index (χ1v) is 15.3. The summed E-state index contributed by atoms with van der Waals surface area (Å²) in [5, 5.41) is 9.27. The van der Waals surface area contributed by atoms with Crippen LogP contribution in [0.15, 0.2) is 60.8 Å². The van der Waals surface area contributed by atoms with Gasteiger partial charge in [-0.05, 0) is 79.9 Å². The van der Waals surface area contributed by atoms with E-state index in [-0.39, 0.29) is 39.7 Å². The fourth-order valence-electron chi connectivity index (χ4n) is 5.44. The van der Waals surface area contributed by atoms with Gasteiger partial charge in [0.1, 0.15) is 11.3 Å². The molecule has 0 spiro atoms. The van der Waals surface area contributed by atoms with Crippen molar-refractivity contribution in [2.24, 2.45) is 5.92 Å². The summed E-state index contributed by atoms with van der Waals surface area (Å²) in [5.41, 5.74) is 0.839. The van der Waals surface area contributed by atoms with Gasteiger partial charge in [0.25, 0.3) is 5.91 Å². The molecule has 47 heavy (non-hydrogen) atoms. The number of anilines is 2. The standard InChI is InChI=1S/C32H26Cl2F5N7O/c33-22-11-21(43-30(47)19-4-1-5-20(10-19)32(37,38)39)12-23(34)27(22)29-44-26-15-42-31(41-14-17-6-7-24(35)25(36)9-17)45-28(26)46(29)16-18-3-2-8-40-13-18/h1,4-7,9-12,15,18,40H,2-3,8,13-14,16H2,(H,43,47)(H,41,42,45)/t18-/m1/s1. The van der Waals surface area contributed by atoms with Crippen molar-refractivity contribution >= 4 is 51.9 Å². The number of hydrogen-bond donors (Lipinski definition) is 3. The summed E-state index contributed by atoms with van der Waals surface area (Å²) >= 11 is 13.5. The number of piperidine rings is 1. The van der Waals surface area contributed by atoms with Crippen molar-refractivity contribution in [2.45, 2.75) is 32.1 Å². The van der Waals surface area contributed by atoms with Crippen LogP contribution in [-0.4, -0.2) is 38.5 Å². The lowest BCUT2D eigenvalue weighted by Crippen LogP contribution is -2.32. The van der Waals surface area contributed by atoms with E-state index in [9.17, 15) is 26.7 Å². The van der Waals surface area contributed by atoms with Gasteiger partial charge in [-0.2, -0.15) is 18.2 Å². The van der Waals surface area contributed by atoms with Gasteiger partial charge >= 0.3 is 6.18 Å². The molecule has 244 valence electrons. The second-order valence-corrected chi connectivity index (χ2v) is 11.9. The third-order valence-electron chi connectivity index (χ3n) is 7.74. The highest BCUT2D eigenvalue weighted by atomic mass is 35.5. The van der Waals surface area contributed by atoms with Crippen molar-refractivity contribution in [2.75, 3.05) is 23.7 Å². The third-order valence-corrected chi connectivity index (χ3v) is 8.33. The number of nitrogens with zero attached hydrogens (tertiary/aromatic N) is 4. The van der Waals surface area contributed by atoms with Gasteiger partial charge in [0.05, 0.1) is 27.4 Å². The van der Waals surface area contributed by atoms with Crippen LogP contribution in [0.25, 0.3) is 22.6 Å². The maximum Gasteiger partial charge on any atom is 0.416 e. The van der Waals surface area contributed by atoms with Crippen molar-refractivity contribution in [3.63, 3.8) is 0 Å². The largest absolute Gasteiger partial charge is 0.416 e. The number of hydrogen-bond acceptors (Lipinski definition) is 6. The van der Waals surface area contributed by atoms with Gasteiger partial charge in [-0.3, -0.25) is 4.79 Å². The Hall–Kier alpha value is -4.33. The zero-order chi connectivity index (χ0) is 33.3. The Kier molecular flexibility index (Phi) is 9.31. The van der Waals surface area contributed by atoms with E-state index in [0.29, 0.717) is 34.7 Å². The summed E-state index contributed by atoms with van der Waals surface area (Å²) in [6.45, 7) is 2.34. The molecule has 1 amide bonds. The second-order valence-electron chi connectivity index (χ2n) is 11.1. The molecule has 3 N–H and O–H groups in total. The highest BCUT2D eigenvalue weighted by Crippen LogP contribution is 2.39. The average molecular weight is 691 g/mol. The molecule has 0 unspecified atom stereocenters. The minimum atomic E-state index is -4.60. The smallest absolute Gasteiger partial charge is 0.350 e. The summed E-state index contributed by atoms with van der Waals surface area (Å²) < 4.78 is 68.5. The Morgan fingerprint density at radius 3 is 2.51 bits per heavy atom. The Labute approximate surface area is 275 Å². The van der Waals surface area contributed by atoms with E-state index in [2.05, 4.69) is 25.9 Å². The maximum atomic E-state index is 13.7. The van der Waals surface area contributed by atoms with Crippen LogP contribution < -0.4 is 16.0 Å². The number of amides is 1. The van der Waals surface area contributed by atoms with Crippen LogP contribution in [-0.2, 0) is 19.3 Å². The first kappa shape index (κ1) is 32.6. The summed E-state index contributed by atoms with van der Waals surface area (Å²) in [7, 11) is 0. The predicted octanol–water partition coefficient (Wildman–Crippen LogP) is 7.96. The van der Waals surface area contributed by atoms with Crippen LogP contribution in [0.3, 0.4) is 0 Å². The van der Waals surface area contributed by atoms with Gasteiger partial charge in [-0.15, -0.1) is 0 Å². The van der Waals surface area contributed by atoms with Crippen molar-refractivity contribution in [3.8, 4) is 11.4 Å². The van der Waals surface area contributed by atoms with Crippen molar-refractivity contribution < 1.29 is 26.7 Å². The molecule has 0 radical (unpaired) electrons. The SMILES string of the molecule is O=C(Nc1cc(Cl)c(-c2nc3cnc(NCc4ccc(F)c(F)c4)nc3n2C[C@@H]2CCCNC2)c(Cl)c1)c1cccc(C(F)(F)F)c1. The molecular formula is C32H26Cl2F5N7O. The van der Waals surface area contributed by atoms with E-state index in [1.807, 2.05) is 4.57 Å². The maximum absolute atomic E-state index is 13.7. The Bertz CT molecular complexity index is 1940. The minimum Gasteiger partial charge on any atom is -0.350 e. The monoisotopic (exact) mass is 689 g/mol. The Morgan fingerprint density at radius 1 is 1.02 bits per heavy atom. The predicted molar refractivity (Wildman–Crippen MR) is 169 cm³/mol. The van der Waals surface area contributed by atoms with E-state index in [4.69, 9.17) is 28.2 Å². The Morgan fingerprint density at radius 2 is 1.81 bits per heavy atom. The van der Waals surface area contributed by atoms with Gasteiger partial charge in [-0.1, -0.05) is 35.3 Å². The van der Waals surface area contributed by atoms with Crippen molar-refractivity contribution in [1.82, 2.24) is 24.8 Å². The lowest BCUT2D eigenvalue weighted by molar-refractivity contribution is -0.137. The molecule has 0 aliphatic carbocycles. The van der Waals surface area contributed by atoms with Crippen LogP contribution in [0, 0.1) is 17.6 Å². The molecule has 6 rings (SSSR count). The normalized spacial score (nSPS) is 15.2. The average Bonchev–Trinajstić information content (AvgIpc) is 3.38. The highest BCUT2D eigenvalue weighted by molar-refractivity contribution is 6.39. The molecule has 5 aromatic rings. The number of halogens is 7. The summed E-state index contributed by atoms with van der Waals surface area (Å²) in [5.74, 6) is -1.79. The number of aromatic nitrogens is 4. The van der Waals surface area contributed by atoms with Crippen LogP contribution in [0.2, 0.25) is 10.0 Å². The molecule has 0 saturated carbocycles. The van der Waals surface area contributed by atoms with E-state index < -0.39 is 29.3 Å². The van der Waals surface area contributed by atoms with Gasteiger partial charge in [-0.25, -0.2) is 18.7 Å². The van der Waals surface area contributed by atoms with E-state index in [1.54, 1.807) is 0 Å². The lowest BCUT2D eigenvalue weighted by Gasteiger charge is -2.24. The van der Waals surface area contributed by atoms with Gasteiger partial charge in [0.2, 0.25) is 5.95 Å². The van der Waals surface area contributed by atoms with Crippen LogP contribution in [0.1, 0.15) is 34.3 Å². The lowest BCUT2D eigenvalue weighted by atomic mass is 9.99. The number of rotatable bonds is 8. The molecule has 0 bridgehead atoms. The second kappa shape index (κ2) is 13.4. The molecule has 1 atom stereocenters.